The van der Waals surface area contributed by atoms with E-state index in [9.17, 15) is 0 Å². The van der Waals surface area contributed by atoms with Crippen molar-refractivity contribution in [2.24, 2.45) is 5.41 Å². The SMILES string of the molecule is CC1(Cc2cc(Cl)n3nccc3n2)CC1. The zero-order valence-electron chi connectivity index (χ0n) is 8.57. The molecule has 0 bridgehead atoms. The Balaban J connectivity index is 2.04. The van der Waals surface area contributed by atoms with Crippen LogP contribution in [0.2, 0.25) is 5.15 Å². The highest BCUT2D eigenvalue weighted by molar-refractivity contribution is 6.29. The molecule has 0 unspecified atom stereocenters. The summed E-state index contributed by atoms with van der Waals surface area (Å²) in [5, 5.41) is 4.74. The number of hydrogen-bond acceptors (Lipinski definition) is 2. The molecule has 1 saturated carbocycles. The number of hydrogen-bond donors (Lipinski definition) is 0. The van der Waals surface area contributed by atoms with Crippen LogP contribution in [0.1, 0.15) is 25.5 Å². The van der Waals surface area contributed by atoms with E-state index in [1.165, 1.54) is 12.8 Å². The van der Waals surface area contributed by atoms with Gasteiger partial charge in [-0.1, -0.05) is 18.5 Å². The van der Waals surface area contributed by atoms with Crippen LogP contribution in [0.4, 0.5) is 0 Å². The fraction of sp³-hybridized carbons (Fsp3) is 0.455. The Kier molecular flexibility index (Phi) is 1.80. The van der Waals surface area contributed by atoms with Crippen LogP contribution in [0.5, 0.6) is 0 Å². The molecule has 0 spiro atoms. The second-order valence-electron chi connectivity index (χ2n) is 4.66. The summed E-state index contributed by atoms with van der Waals surface area (Å²) in [5.41, 5.74) is 2.38. The summed E-state index contributed by atoms with van der Waals surface area (Å²) in [4.78, 5) is 4.54. The first-order chi connectivity index (χ1) is 7.16. The maximum atomic E-state index is 6.11. The van der Waals surface area contributed by atoms with Crippen molar-refractivity contribution in [3.63, 3.8) is 0 Å². The van der Waals surface area contributed by atoms with E-state index >= 15 is 0 Å². The van der Waals surface area contributed by atoms with Crippen LogP contribution >= 0.6 is 11.6 Å². The molecule has 0 N–H and O–H groups in total. The average molecular weight is 222 g/mol. The second kappa shape index (κ2) is 2.95. The molecule has 1 aliphatic rings. The molecule has 2 aromatic heterocycles. The quantitative estimate of drug-likeness (QED) is 0.730. The normalized spacial score (nSPS) is 18.3. The summed E-state index contributed by atoms with van der Waals surface area (Å²) in [6, 6.07) is 3.80. The molecule has 78 valence electrons. The molecule has 0 aromatic carbocycles. The van der Waals surface area contributed by atoms with Crippen molar-refractivity contribution in [2.45, 2.75) is 26.2 Å². The Morgan fingerprint density at radius 2 is 2.33 bits per heavy atom. The molecule has 2 aromatic rings. The summed E-state index contributed by atoms with van der Waals surface area (Å²) in [6.45, 7) is 2.29. The third-order valence-electron chi connectivity index (χ3n) is 3.08. The molecule has 0 aliphatic heterocycles. The van der Waals surface area contributed by atoms with Gasteiger partial charge in [0.25, 0.3) is 0 Å². The molecule has 1 aliphatic carbocycles. The zero-order chi connectivity index (χ0) is 10.5. The Bertz CT molecular complexity index is 514. The van der Waals surface area contributed by atoms with Crippen molar-refractivity contribution in [1.82, 2.24) is 14.6 Å². The standard InChI is InChI=1S/C11H12ClN3/c1-11(3-4-11)7-8-6-9(12)15-10(14-8)2-5-13-15/h2,5-6H,3-4,7H2,1H3. The minimum absolute atomic E-state index is 0.467. The topological polar surface area (TPSA) is 30.2 Å². The largest absolute Gasteiger partial charge is 0.233 e. The van der Waals surface area contributed by atoms with Crippen LogP contribution < -0.4 is 0 Å². The maximum absolute atomic E-state index is 6.11. The smallest absolute Gasteiger partial charge is 0.156 e. The molecule has 0 amide bonds. The second-order valence-corrected chi connectivity index (χ2v) is 5.05. The Morgan fingerprint density at radius 3 is 3.07 bits per heavy atom. The molecule has 2 heterocycles. The van der Waals surface area contributed by atoms with Gasteiger partial charge in [0.2, 0.25) is 0 Å². The predicted molar refractivity (Wildman–Crippen MR) is 59.0 cm³/mol. The van der Waals surface area contributed by atoms with Gasteiger partial charge in [-0.3, -0.25) is 0 Å². The molecule has 4 heteroatoms. The summed E-state index contributed by atoms with van der Waals surface area (Å²) in [6.07, 6.45) is 5.35. The Labute approximate surface area is 93.1 Å². The number of rotatable bonds is 2. The summed E-state index contributed by atoms with van der Waals surface area (Å²) < 4.78 is 1.65. The molecule has 1 fully saturated rings. The van der Waals surface area contributed by atoms with Crippen molar-refractivity contribution < 1.29 is 0 Å². The summed E-state index contributed by atoms with van der Waals surface area (Å²) in [5.74, 6) is 0. The van der Waals surface area contributed by atoms with E-state index in [-0.39, 0.29) is 0 Å². The highest BCUT2D eigenvalue weighted by Gasteiger charge is 2.37. The van der Waals surface area contributed by atoms with Crippen molar-refractivity contribution in [1.29, 1.82) is 0 Å². The lowest BCUT2D eigenvalue weighted by molar-refractivity contribution is 0.561. The third kappa shape index (κ3) is 1.61. The van der Waals surface area contributed by atoms with Crippen LogP contribution in [0.25, 0.3) is 5.65 Å². The lowest BCUT2D eigenvalue weighted by Gasteiger charge is -2.08. The van der Waals surface area contributed by atoms with Crippen LogP contribution in [0.3, 0.4) is 0 Å². The third-order valence-corrected chi connectivity index (χ3v) is 3.35. The predicted octanol–water partition coefficient (Wildman–Crippen LogP) is 2.73. The lowest BCUT2D eigenvalue weighted by Crippen LogP contribution is -2.03. The van der Waals surface area contributed by atoms with E-state index in [2.05, 4.69) is 17.0 Å². The van der Waals surface area contributed by atoms with Crippen LogP contribution in [0, 0.1) is 5.41 Å². The van der Waals surface area contributed by atoms with E-state index in [0.29, 0.717) is 10.6 Å². The van der Waals surface area contributed by atoms with E-state index in [1.54, 1.807) is 10.7 Å². The van der Waals surface area contributed by atoms with E-state index in [1.807, 2.05) is 12.1 Å². The highest BCUT2D eigenvalue weighted by atomic mass is 35.5. The first-order valence-electron chi connectivity index (χ1n) is 5.16. The molecule has 3 rings (SSSR count). The van der Waals surface area contributed by atoms with Gasteiger partial charge in [0.05, 0.1) is 6.20 Å². The summed E-state index contributed by atoms with van der Waals surface area (Å²) in [7, 11) is 0. The van der Waals surface area contributed by atoms with Gasteiger partial charge in [-0.25, -0.2) is 9.50 Å². The first-order valence-corrected chi connectivity index (χ1v) is 5.53. The van der Waals surface area contributed by atoms with Gasteiger partial charge in [0, 0.05) is 11.8 Å². The number of halogens is 1. The minimum atomic E-state index is 0.467. The van der Waals surface area contributed by atoms with E-state index < -0.39 is 0 Å². The maximum Gasteiger partial charge on any atom is 0.156 e. The van der Waals surface area contributed by atoms with Crippen molar-refractivity contribution in [3.05, 3.63) is 29.2 Å². The Morgan fingerprint density at radius 1 is 1.53 bits per heavy atom. The molecule has 0 saturated heterocycles. The number of fused-ring (bicyclic) bond motifs is 1. The fourth-order valence-electron chi connectivity index (χ4n) is 1.84. The van der Waals surface area contributed by atoms with Gasteiger partial charge >= 0.3 is 0 Å². The zero-order valence-corrected chi connectivity index (χ0v) is 9.33. The van der Waals surface area contributed by atoms with Gasteiger partial charge in [-0.2, -0.15) is 5.10 Å². The van der Waals surface area contributed by atoms with Crippen molar-refractivity contribution >= 4 is 17.2 Å². The molecular formula is C11H12ClN3. The van der Waals surface area contributed by atoms with Crippen LogP contribution in [-0.4, -0.2) is 14.6 Å². The highest BCUT2D eigenvalue weighted by Crippen LogP contribution is 2.47. The summed E-state index contributed by atoms with van der Waals surface area (Å²) >= 11 is 6.11. The lowest BCUT2D eigenvalue weighted by atomic mass is 10.0. The number of aromatic nitrogens is 3. The van der Waals surface area contributed by atoms with Crippen molar-refractivity contribution in [3.8, 4) is 0 Å². The van der Waals surface area contributed by atoms with E-state index in [4.69, 9.17) is 11.6 Å². The van der Waals surface area contributed by atoms with Gasteiger partial charge in [0.15, 0.2) is 5.65 Å². The van der Waals surface area contributed by atoms with Gasteiger partial charge in [0.1, 0.15) is 5.15 Å². The van der Waals surface area contributed by atoms with Crippen LogP contribution in [-0.2, 0) is 6.42 Å². The first kappa shape index (κ1) is 9.16. The Hall–Kier alpha value is -1.09. The van der Waals surface area contributed by atoms with Gasteiger partial charge < -0.3 is 0 Å². The van der Waals surface area contributed by atoms with Crippen molar-refractivity contribution in [2.75, 3.05) is 0 Å². The van der Waals surface area contributed by atoms with Gasteiger partial charge in [-0.15, -0.1) is 0 Å². The number of nitrogens with zero attached hydrogens (tertiary/aromatic N) is 3. The molecule has 0 radical (unpaired) electrons. The van der Waals surface area contributed by atoms with Crippen LogP contribution in [0.15, 0.2) is 18.3 Å². The molecule has 3 nitrogen and oxygen atoms in total. The minimum Gasteiger partial charge on any atom is -0.233 e. The molecule has 15 heavy (non-hydrogen) atoms. The van der Waals surface area contributed by atoms with E-state index in [0.717, 1.165) is 17.8 Å². The molecular weight excluding hydrogens is 210 g/mol. The van der Waals surface area contributed by atoms with Gasteiger partial charge in [-0.05, 0) is 30.7 Å². The average Bonchev–Trinajstić information content (AvgIpc) is 2.73. The molecule has 0 atom stereocenters. The monoisotopic (exact) mass is 221 g/mol. The fourth-order valence-corrected chi connectivity index (χ4v) is 2.10.